The maximum Gasteiger partial charge on any atom is 0.254 e. The number of carbonyl (C=O) groups excluding carboxylic acids is 2. The molecule has 0 radical (unpaired) electrons. The Hall–Kier alpha value is -2.35. The molecular formula is C25H27BrCl2N4O2. The van der Waals surface area contributed by atoms with Gasteiger partial charge >= 0.3 is 0 Å². The Morgan fingerprint density at radius 2 is 1.79 bits per heavy atom. The minimum atomic E-state index is -0.335. The number of hydrogen-bond donors (Lipinski definition) is 1. The highest BCUT2D eigenvalue weighted by Crippen LogP contribution is 2.29. The van der Waals surface area contributed by atoms with Crippen LogP contribution in [0.5, 0.6) is 0 Å². The smallest absolute Gasteiger partial charge is 0.254 e. The summed E-state index contributed by atoms with van der Waals surface area (Å²) in [5.41, 5.74) is 1.71. The number of aromatic nitrogens is 2. The number of halogens is 3. The van der Waals surface area contributed by atoms with Crippen molar-refractivity contribution in [2.45, 2.75) is 46.1 Å². The van der Waals surface area contributed by atoms with Crippen molar-refractivity contribution in [1.82, 2.24) is 14.7 Å². The van der Waals surface area contributed by atoms with E-state index in [1.807, 2.05) is 46.8 Å². The highest BCUT2D eigenvalue weighted by atomic mass is 79.9. The van der Waals surface area contributed by atoms with Crippen LogP contribution in [0.25, 0.3) is 5.69 Å². The summed E-state index contributed by atoms with van der Waals surface area (Å²) in [7, 11) is 0. The van der Waals surface area contributed by atoms with Crippen LogP contribution in [0.1, 0.15) is 50.7 Å². The van der Waals surface area contributed by atoms with Gasteiger partial charge in [-0.1, -0.05) is 66.0 Å². The van der Waals surface area contributed by atoms with Crippen molar-refractivity contribution in [1.29, 1.82) is 0 Å². The van der Waals surface area contributed by atoms with Gasteiger partial charge in [0.1, 0.15) is 12.4 Å². The van der Waals surface area contributed by atoms with E-state index < -0.39 is 0 Å². The molecule has 0 atom stereocenters. The zero-order chi connectivity index (χ0) is 25.2. The van der Waals surface area contributed by atoms with E-state index in [0.717, 1.165) is 10.2 Å². The molecule has 0 fully saturated rings. The molecule has 1 N–H and O–H groups in total. The van der Waals surface area contributed by atoms with Crippen LogP contribution in [0, 0.1) is 0 Å². The molecule has 180 valence electrons. The van der Waals surface area contributed by atoms with Crippen molar-refractivity contribution in [3.05, 3.63) is 74.3 Å². The first-order valence-electron chi connectivity index (χ1n) is 10.8. The lowest BCUT2D eigenvalue weighted by Gasteiger charge is -2.26. The SMILES string of the molecule is CC(C)N(CC(=O)Nc1cc(C(C)(C)C)nn1-c1ccc(Cl)c(Cl)c1)C(=O)c1cccc(Br)c1. The molecule has 0 aliphatic carbocycles. The van der Waals surface area contributed by atoms with E-state index in [0.29, 0.717) is 27.1 Å². The number of benzene rings is 2. The summed E-state index contributed by atoms with van der Waals surface area (Å²) in [4.78, 5) is 27.7. The van der Waals surface area contributed by atoms with Gasteiger partial charge in [0, 0.05) is 27.6 Å². The zero-order valence-electron chi connectivity index (χ0n) is 19.7. The average Bonchev–Trinajstić information content (AvgIpc) is 3.17. The minimum absolute atomic E-state index is 0.111. The molecule has 2 amide bonds. The lowest BCUT2D eigenvalue weighted by Crippen LogP contribution is -2.42. The molecule has 2 aromatic carbocycles. The number of amides is 2. The fourth-order valence-corrected chi connectivity index (χ4v) is 3.96. The molecule has 0 saturated carbocycles. The molecule has 0 unspecified atom stereocenters. The fraction of sp³-hybridized carbons (Fsp3) is 0.320. The zero-order valence-corrected chi connectivity index (χ0v) is 22.8. The molecule has 1 heterocycles. The van der Waals surface area contributed by atoms with Crippen LogP contribution in [0.3, 0.4) is 0 Å². The first-order valence-corrected chi connectivity index (χ1v) is 12.3. The Balaban J connectivity index is 1.89. The molecule has 3 aromatic rings. The predicted octanol–water partition coefficient (Wildman–Crippen LogP) is 6.73. The number of nitrogens with one attached hydrogen (secondary N) is 1. The van der Waals surface area contributed by atoms with Crippen LogP contribution in [0.15, 0.2) is 53.0 Å². The fourth-order valence-electron chi connectivity index (χ4n) is 3.26. The van der Waals surface area contributed by atoms with Gasteiger partial charge in [0.25, 0.3) is 5.91 Å². The van der Waals surface area contributed by atoms with Crippen LogP contribution in [-0.4, -0.2) is 39.1 Å². The topological polar surface area (TPSA) is 67.2 Å². The summed E-state index contributed by atoms with van der Waals surface area (Å²) in [6.07, 6.45) is 0. The maximum atomic E-state index is 13.1. The second-order valence-electron chi connectivity index (χ2n) is 9.26. The Morgan fingerprint density at radius 3 is 2.38 bits per heavy atom. The van der Waals surface area contributed by atoms with Gasteiger partial charge in [-0.15, -0.1) is 0 Å². The summed E-state index contributed by atoms with van der Waals surface area (Å²) in [6, 6.07) is 13.9. The first-order chi connectivity index (χ1) is 15.9. The van der Waals surface area contributed by atoms with Crippen molar-refractivity contribution >= 4 is 56.8 Å². The third-order valence-corrected chi connectivity index (χ3v) is 6.40. The molecule has 0 saturated heterocycles. The van der Waals surface area contributed by atoms with Gasteiger partial charge in [-0.3, -0.25) is 9.59 Å². The Labute approximate surface area is 218 Å². The summed E-state index contributed by atoms with van der Waals surface area (Å²) in [5, 5.41) is 8.43. The van der Waals surface area contributed by atoms with E-state index in [-0.39, 0.29) is 29.8 Å². The standard InChI is InChI=1S/C25H27BrCl2N4O2/c1-15(2)31(24(34)16-7-6-8-17(26)11-16)14-23(33)29-22-13-21(25(3,4)5)30-32(22)18-9-10-19(27)20(28)12-18/h6-13,15H,14H2,1-5H3,(H,29,33). The van der Waals surface area contributed by atoms with Crippen molar-refractivity contribution in [3.63, 3.8) is 0 Å². The molecule has 0 aliphatic rings. The van der Waals surface area contributed by atoms with Gasteiger partial charge in [-0.2, -0.15) is 5.10 Å². The van der Waals surface area contributed by atoms with Gasteiger partial charge in [0.05, 0.1) is 21.4 Å². The molecule has 0 aliphatic heterocycles. The number of rotatable bonds is 6. The molecule has 3 rings (SSSR count). The van der Waals surface area contributed by atoms with Crippen LogP contribution in [-0.2, 0) is 10.2 Å². The van der Waals surface area contributed by atoms with Crippen LogP contribution in [0.2, 0.25) is 10.0 Å². The third-order valence-electron chi connectivity index (χ3n) is 5.16. The normalized spacial score (nSPS) is 11.6. The van der Waals surface area contributed by atoms with Gasteiger partial charge in [-0.25, -0.2) is 4.68 Å². The van der Waals surface area contributed by atoms with E-state index in [4.69, 9.17) is 28.3 Å². The number of nitrogens with zero attached hydrogens (tertiary/aromatic N) is 3. The highest BCUT2D eigenvalue weighted by molar-refractivity contribution is 9.10. The summed E-state index contributed by atoms with van der Waals surface area (Å²) >= 11 is 15.7. The summed E-state index contributed by atoms with van der Waals surface area (Å²) in [5.74, 6) is -0.0783. The van der Waals surface area contributed by atoms with Crippen LogP contribution in [0.4, 0.5) is 5.82 Å². The lowest BCUT2D eigenvalue weighted by atomic mass is 9.92. The number of hydrogen-bond acceptors (Lipinski definition) is 3. The molecule has 0 bridgehead atoms. The largest absolute Gasteiger partial charge is 0.327 e. The maximum absolute atomic E-state index is 13.1. The Kier molecular flexibility index (Phi) is 8.11. The molecule has 6 nitrogen and oxygen atoms in total. The van der Waals surface area contributed by atoms with Gasteiger partial charge in [0.2, 0.25) is 5.91 Å². The van der Waals surface area contributed by atoms with Gasteiger partial charge < -0.3 is 10.2 Å². The van der Waals surface area contributed by atoms with Crippen molar-refractivity contribution in [2.75, 3.05) is 11.9 Å². The van der Waals surface area contributed by atoms with E-state index in [1.54, 1.807) is 41.1 Å². The second kappa shape index (κ2) is 10.5. The van der Waals surface area contributed by atoms with E-state index in [9.17, 15) is 9.59 Å². The predicted molar refractivity (Wildman–Crippen MR) is 141 cm³/mol. The summed E-state index contributed by atoms with van der Waals surface area (Å²) in [6.45, 7) is 9.76. The lowest BCUT2D eigenvalue weighted by molar-refractivity contribution is -0.117. The van der Waals surface area contributed by atoms with Crippen LogP contribution >= 0.6 is 39.1 Å². The number of anilines is 1. The van der Waals surface area contributed by atoms with Crippen molar-refractivity contribution in [3.8, 4) is 5.69 Å². The quantitative estimate of drug-likeness (QED) is 0.360. The van der Waals surface area contributed by atoms with Gasteiger partial charge in [-0.05, 0) is 50.2 Å². The highest BCUT2D eigenvalue weighted by Gasteiger charge is 2.25. The molecule has 0 spiro atoms. The van der Waals surface area contributed by atoms with E-state index in [2.05, 4.69) is 21.2 Å². The Morgan fingerprint density at radius 1 is 1.09 bits per heavy atom. The van der Waals surface area contributed by atoms with E-state index in [1.165, 1.54) is 4.90 Å². The average molecular weight is 566 g/mol. The van der Waals surface area contributed by atoms with Gasteiger partial charge in [0.15, 0.2) is 0 Å². The number of carbonyl (C=O) groups is 2. The summed E-state index contributed by atoms with van der Waals surface area (Å²) < 4.78 is 2.42. The molecular weight excluding hydrogens is 539 g/mol. The van der Waals surface area contributed by atoms with Crippen LogP contribution < -0.4 is 5.32 Å². The Bertz CT molecular complexity index is 1220. The molecule has 9 heteroatoms. The third kappa shape index (κ3) is 6.20. The van der Waals surface area contributed by atoms with Crippen molar-refractivity contribution in [2.24, 2.45) is 0 Å². The van der Waals surface area contributed by atoms with E-state index >= 15 is 0 Å². The second-order valence-corrected chi connectivity index (χ2v) is 11.0. The monoisotopic (exact) mass is 564 g/mol. The minimum Gasteiger partial charge on any atom is -0.327 e. The van der Waals surface area contributed by atoms with Crippen molar-refractivity contribution < 1.29 is 9.59 Å². The molecule has 1 aromatic heterocycles. The first kappa shape index (κ1) is 26.3. The molecule has 34 heavy (non-hydrogen) atoms.